The minimum absolute atomic E-state index is 0.225. The maximum atomic E-state index is 10.7. The number of hydrogen-bond donors (Lipinski definition) is 4. The Morgan fingerprint density at radius 1 is 1.39 bits per heavy atom. The molecule has 4 nitrogen and oxygen atoms in total. The molecular formula is C12H15ClO4S. The minimum Gasteiger partial charge on any atom is -0.481 e. The van der Waals surface area contributed by atoms with Crippen LogP contribution >= 0.6 is 24.2 Å². The van der Waals surface area contributed by atoms with Crippen LogP contribution in [0, 0.1) is 0 Å². The van der Waals surface area contributed by atoms with Crippen molar-refractivity contribution >= 4 is 30.2 Å². The first-order valence-electron chi connectivity index (χ1n) is 5.42. The summed E-state index contributed by atoms with van der Waals surface area (Å²) in [5.74, 6) is -0.581. The predicted molar refractivity (Wildman–Crippen MR) is 72.2 cm³/mol. The molecule has 2 atom stereocenters. The summed E-state index contributed by atoms with van der Waals surface area (Å²) < 4.78 is 0. The van der Waals surface area contributed by atoms with Crippen LogP contribution in [0.4, 0.5) is 0 Å². The third-order valence-corrected chi connectivity index (χ3v) is 3.05. The summed E-state index contributed by atoms with van der Waals surface area (Å²) in [6, 6.07) is 4.58. The van der Waals surface area contributed by atoms with Gasteiger partial charge < -0.3 is 15.3 Å². The molecule has 0 heterocycles. The lowest BCUT2D eigenvalue weighted by Crippen LogP contribution is -2.20. The molecule has 1 rings (SSSR count). The van der Waals surface area contributed by atoms with Crippen molar-refractivity contribution in [3.63, 3.8) is 0 Å². The maximum Gasteiger partial charge on any atom is 0.307 e. The van der Waals surface area contributed by atoms with Crippen LogP contribution in [0.1, 0.15) is 23.7 Å². The van der Waals surface area contributed by atoms with Crippen LogP contribution in [0.3, 0.4) is 0 Å². The Bertz CT molecular complexity index is 425. The Hall–Kier alpha value is -0.750. The molecule has 0 aromatic heterocycles. The largest absolute Gasteiger partial charge is 0.481 e. The standard InChI is InChI=1S/C12H15ClO4S/c13-8-2-1-7(5-11(15)16)9(6-8)12(17)10(14)3-4-18/h1-2,6,10,12,14,17-18H,3-5H2,(H,15,16). The summed E-state index contributed by atoms with van der Waals surface area (Å²) in [5.41, 5.74) is 0.789. The molecule has 0 saturated heterocycles. The van der Waals surface area contributed by atoms with Crippen LogP contribution in [0.25, 0.3) is 0 Å². The Morgan fingerprint density at radius 3 is 2.61 bits per heavy atom. The molecule has 2 unspecified atom stereocenters. The van der Waals surface area contributed by atoms with E-state index in [0.717, 1.165) is 0 Å². The summed E-state index contributed by atoms with van der Waals surface area (Å²) in [4.78, 5) is 10.7. The Kier molecular flexibility index (Phi) is 5.95. The number of aliphatic carboxylic acids is 1. The summed E-state index contributed by atoms with van der Waals surface area (Å²) in [7, 11) is 0. The van der Waals surface area contributed by atoms with E-state index in [4.69, 9.17) is 16.7 Å². The van der Waals surface area contributed by atoms with Crippen molar-refractivity contribution in [3.05, 3.63) is 34.3 Å². The number of rotatable bonds is 6. The molecule has 0 bridgehead atoms. The molecule has 0 aliphatic rings. The van der Waals surface area contributed by atoms with E-state index in [1.54, 1.807) is 12.1 Å². The van der Waals surface area contributed by atoms with Gasteiger partial charge in [-0.05, 0) is 35.4 Å². The molecule has 0 radical (unpaired) electrons. The van der Waals surface area contributed by atoms with E-state index in [-0.39, 0.29) is 6.42 Å². The SMILES string of the molecule is O=C(O)Cc1ccc(Cl)cc1C(O)C(O)CCS. The normalized spacial score (nSPS) is 14.2. The lowest BCUT2D eigenvalue weighted by Gasteiger charge is -2.20. The van der Waals surface area contributed by atoms with E-state index in [0.29, 0.717) is 28.3 Å². The number of hydrogen-bond acceptors (Lipinski definition) is 4. The number of benzene rings is 1. The van der Waals surface area contributed by atoms with Gasteiger partial charge in [0.05, 0.1) is 12.5 Å². The van der Waals surface area contributed by atoms with Crippen molar-refractivity contribution in [2.24, 2.45) is 0 Å². The van der Waals surface area contributed by atoms with Crippen molar-refractivity contribution < 1.29 is 20.1 Å². The number of aliphatic hydroxyl groups excluding tert-OH is 2. The molecule has 0 amide bonds. The molecule has 1 aromatic rings. The van der Waals surface area contributed by atoms with Crippen molar-refractivity contribution in [1.82, 2.24) is 0 Å². The van der Waals surface area contributed by atoms with Gasteiger partial charge in [-0.2, -0.15) is 12.6 Å². The Balaban J connectivity index is 3.03. The second-order valence-electron chi connectivity index (χ2n) is 3.94. The lowest BCUT2D eigenvalue weighted by atomic mass is 9.96. The van der Waals surface area contributed by atoms with Gasteiger partial charge in [0.1, 0.15) is 6.10 Å². The summed E-state index contributed by atoms with van der Waals surface area (Å²) >= 11 is 9.80. The van der Waals surface area contributed by atoms with Crippen LogP contribution in [0.2, 0.25) is 5.02 Å². The van der Waals surface area contributed by atoms with Crippen LogP contribution in [0.15, 0.2) is 18.2 Å². The lowest BCUT2D eigenvalue weighted by molar-refractivity contribution is -0.136. The smallest absolute Gasteiger partial charge is 0.307 e. The van der Waals surface area contributed by atoms with Gasteiger partial charge in [0.25, 0.3) is 0 Å². The van der Waals surface area contributed by atoms with Crippen molar-refractivity contribution in [2.45, 2.75) is 25.0 Å². The molecule has 0 aliphatic carbocycles. The van der Waals surface area contributed by atoms with E-state index >= 15 is 0 Å². The molecule has 100 valence electrons. The van der Waals surface area contributed by atoms with E-state index in [9.17, 15) is 15.0 Å². The molecule has 6 heteroatoms. The van der Waals surface area contributed by atoms with Crippen molar-refractivity contribution in [3.8, 4) is 0 Å². The van der Waals surface area contributed by atoms with Crippen LogP contribution in [0.5, 0.6) is 0 Å². The van der Waals surface area contributed by atoms with Crippen LogP contribution in [-0.4, -0.2) is 33.1 Å². The molecule has 0 spiro atoms. The number of carboxylic acids is 1. The number of aliphatic hydroxyl groups is 2. The highest BCUT2D eigenvalue weighted by Gasteiger charge is 2.21. The summed E-state index contributed by atoms with van der Waals surface area (Å²) in [5, 5.41) is 28.9. The van der Waals surface area contributed by atoms with E-state index < -0.39 is 18.2 Å². The van der Waals surface area contributed by atoms with Gasteiger partial charge in [0.2, 0.25) is 0 Å². The number of thiol groups is 1. The fraction of sp³-hybridized carbons (Fsp3) is 0.417. The quantitative estimate of drug-likeness (QED) is 0.601. The van der Waals surface area contributed by atoms with E-state index in [1.165, 1.54) is 6.07 Å². The summed E-state index contributed by atoms with van der Waals surface area (Å²) in [6.07, 6.45) is -2.07. The van der Waals surface area contributed by atoms with Crippen molar-refractivity contribution in [2.75, 3.05) is 5.75 Å². The first kappa shape index (κ1) is 15.3. The average Bonchev–Trinajstić information content (AvgIpc) is 2.30. The highest BCUT2D eigenvalue weighted by molar-refractivity contribution is 7.80. The highest BCUT2D eigenvalue weighted by atomic mass is 35.5. The second kappa shape index (κ2) is 6.99. The molecule has 1 aromatic carbocycles. The topological polar surface area (TPSA) is 77.8 Å². The van der Waals surface area contributed by atoms with Crippen molar-refractivity contribution in [1.29, 1.82) is 0 Å². The molecule has 0 aliphatic heterocycles. The van der Waals surface area contributed by atoms with Gasteiger partial charge in [-0.15, -0.1) is 0 Å². The fourth-order valence-electron chi connectivity index (χ4n) is 1.66. The van der Waals surface area contributed by atoms with E-state index in [2.05, 4.69) is 12.6 Å². The first-order chi connectivity index (χ1) is 8.45. The first-order valence-corrected chi connectivity index (χ1v) is 6.44. The number of carbonyl (C=O) groups is 1. The molecule has 3 N–H and O–H groups in total. The van der Waals surface area contributed by atoms with E-state index in [1.807, 2.05) is 0 Å². The Labute approximate surface area is 116 Å². The monoisotopic (exact) mass is 290 g/mol. The maximum absolute atomic E-state index is 10.7. The second-order valence-corrected chi connectivity index (χ2v) is 4.82. The van der Waals surface area contributed by atoms with Gasteiger partial charge >= 0.3 is 5.97 Å². The van der Waals surface area contributed by atoms with Gasteiger partial charge in [-0.25, -0.2) is 0 Å². The summed E-state index contributed by atoms with van der Waals surface area (Å²) in [6.45, 7) is 0. The Morgan fingerprint density at radius 2 is 2.06 bits per heavy atom. The third-order valence-electron chi connectivity index (χ3n) is 2.56. The van der Waals surface area contributed by atoms with Gasteiger partial charge in [-0.1, -0.05) is 17.7 Å². The van der Waals surface area contributed by atoms with Crippen LogP contribution in [-0.2, 0) is 11.2 Å². The number of carboxylic acid groups (broad SMARTS) is 1. The predicted octanol–water partition coefficient (Wildman–Crippen LogP) is 1.68. The zero-order chi connectivity index (χ0) is 13.7. The average molecular weight is 291 g/mol. The molecular weight excluding hydrogens is 276 g/mol. The fourth-order valence-corrected chi connectivity index (χ4v) is 2.11. The number of halogens is 1. The zero-order valence-corrected chi connectivity index (χ0v) is 11.2. The van der Waals surface area contributed by atoms with Crippen LogP contribution < -0.4 is 0 Å². The molecule has 0 fully saturated rings. The highest BCUT2D eigenvalue weighted by Crippen LogP contribution is 2.26. The van der Waals surface area contributed by atoms with Gasteiger partial charge in [0.15, 0.2) is 0 Å². The third kappa shape index (κ3) is 4.17. The molecule has 18 heavy (non-hydrogen) atoms. The molecule has 0 saturated carbocycles. The zero-order valence-electron chi connectivity index (χ0n) is 9.58. The van der Waals surface area contributed by atoms with Gasteiger partial charge in [-0.3, -0.25) is 4.79 Å². The minimum atomic E-state index is -1.16. The van der Waals surface area contributed by atoms with Gasteiger partial charge in [0, 0.05) is 5.02 Å².